The highest BCUT2D eigenvalue weighted by molar-refractivity contribution is 6.01. The fraction of sp³-hybridized carbons (Fsp3) is 0.238. The van der Waals surface area contributed by atoms with Gasteiger partial charge >= 0.3 is 0 Å². The van der Waals surface area contributed by atoms with Crippen molar-refractivity contribution in [3.05, 3.63) is 65.6 Å². The lowest BCUT2D eigenvalue weighted by Crippen LogP contribution is -2.30. The summed E-state index contributed by atoms with van der Waals surface area (Å²) in [6.45, 7) is 0.147. The molecular formula is C21H20FN3O2. The number of aromatic nitrogens is 1. The van der Waals surface area contributed by atoms with Crippen LogP contribution in [0.25, 0.3) is 10.9 Å². The Balaban J connectivity index is 1.43. The summed E-state index contributed by atoms with van der Waals surface area (Å²) >= 11 is 0. The zero-order valence-corrected chi connectivity index (χ0v) is 15.0. The van der Waals surface area contributed by atoms with Crippen LogP contribution >= 0.6 is 0 Å². The molecule has 1 amide bonds. The van der Waals surface area contributed by atoms with Crippen LogP contribution in [0.4, 0.5) is 10.1 Å². The van der Waals surface area contributed by atoms with Gasteiger partial charge < -0.3 is 15.4 Å². The van der Waals surface area contributed by atoms with E-state index in [4.69, 9.17) is 4.74 Å². The molecule has 2 N–H and O–H groups in total. The van der Waals surface area contributed by atoms with Crippen LogP contribution in [-0.2, 0) is 11.2 Å². The number of carbonyl (C=O) groups excluding carboxylic acids is 1. The molecule has 0 bridgehead atoms. The van der Waals surface area contributed by atoms with Crippen molar-refractivity contribution in [3.8, 4) is 5.75 Å². The number of hydrogen-bond donors (Lipinski definition) is 2. The van der Waals surface area contributed by atoms with Gasteiger partial charge in [-0.05, 0) is 54.3 Å². The standard InChI is InChI=1S/C21H20FN3O2/c1-27-19-10-8-13-14(21(19)22)7-9-17(13)24-12-20(26)25-18-6-2-5-16-15(18)4-3-11-23-16/h2-6,8,10-11,17,24H,7,9,12H2,1H3,(H,25,26). The van der Waals surface area contributed by atoms with E-state index in [0.717, 1.165) is 28.6 Å². The zero-order valence-electron chi connectivity index (χ0n) is 15.0. The molecular weight excluding hydrogens is 345 g/mol. The summed E-state index contributed by atoms with van der Waals surface area (Å²) < 4.78 is 19.4. The van der Waals surface area contributed by atoms with Gasteiger partial charge in [0.15, 0.2) is 11.6 Å². The monoisotopic (exact) mass is 365 g/mol. The first-order valence-electron chi connectivity index (χ1n) is 8.89. The second kappa shape index (κ2) is 7.32. The van der Waals surface area contributed by atoms with Crippen molar-refractivity contribution in [2.75, 3.05) is 19.0 Å². The second-order valence-electron chi connectivity index (χ2n) is 6.55. The van der Waals surface area contributed by atoms with E-state index in [0.29, 0.717) is 12.0 Å². The third kappa shape index (κ3) is 3.36. The van der Waals surface area contributed by atoms with Gasteiger partial charge in [-0.15, -0.1) is 0 Å². The van der Waals surface area contributed by atoms with Gasteiger partial charge in [0.1, 0.15) is 0 Å². The van der Waals surface area contributed by atoms with Crippen molar-refractivity contribution in [2.24, 2.45) is 0 Å². The summed E-state index contributed by atoms with van der Waals surface area (Å²) in [6, 6.07) is 12.9. The van der Waals surface area contributed by atoms with Gasteiger partial charge in [-0.25, -0.2) is 4.39 Å². The van der Waals surface area contributed by atoms with Crippen LogP contribution in [0, 0.1) is 5.82 Å². The average Bonchev–Trinajstić information content (AvgIpc) is 3.11. The lowest BCUT2D eigenvalue weighted by molar-refractivity contribution is -0.115. The fourth-order valence-electron chi connectivity index (χ4n) is 3.63. The summed E-state index contributed by atoms with van der Waals surface area (Å²) in [5.74, 6) is -0.183. The van der Waals surface area contributed by atoms with Crippen LogP contribution in [0.15, 0.2) is 48.7 Å². The molecule has 0 fully saturated rings. The molecule has 1 aromatic heterocycles. The molecule has 138 valence electrons. The number of benzene rings is 2. The van der Waals surface area contributed by atoms with Crippen molar-refractivity contribution in [1.82, 2.24) is 10.3 Å². The van der Waals surface area contributed by atoms with Crippen LogP contribution in [-0.4, -0.2) is 24.5 Å². The molecule has 1 atom stereocenters. The number of amides is 1. The number of nitrogens with zero attached hydrogens (tertiary/aromatic N) is 1. The third-order valence-corrected chi connectivity index (χ3v) is 4.95. The highest BCUT2D eigenvalue weighted by Crippen LogP contribution is 2.36. The van der Waals surface area contributed by atoms with E-state index in [1.54, 1.807) is 12.3 Å². The Labute approximate surface area is 156 Å². The Morgan fingerprint density at radius 1 is 1.26 bits per heavy atom. The minimum absolute atomic E-state index is 0.0414. The SMILES string of the molecule is COc1ccc2c(c1F)CCC2NCC(=O)Nc1cccc2ncccc12. The number of rotatable bonds is 5. The Morgan fingerprint density at radius 2 is 2.15 bits per heavy atom. The van der Waals surface area contributed by atoms with E-state index < -0.39 is 0 Å². The maximum absolute atomic E-state index is 14.3. The number of carbonyl (C=O) groups is 1. The minimum atomic E-state index is -0.299. The molecule has 2 aromatic carbocycles. The molecule has 27 heavy (non-hydrogen) atoms. The lowest BCUT2D eigenvalue weighted by atomic mass is 10.1. The Hall–Kier alpha value is -2.99. The number of methoxy groups -OCH3 is 1. The number of halogens is 1. The number of pyridine rings is 1. The molecule has 3 aromatic rings. The molecule has 1 aliphatic carbocycles. The van der Waals surface area contributed by atoms with Gasteiger partial charge in [0.05, 0.1) is 24.9 Å². The van der Waals surface area contributed by atoms with E-state index in [2.05, 4.69) is 15.6 Å². The number of ether oxygens (including phenoxy) is 1. The van der Waals surface area contributed by atoms with Gasteiger partial charge in [-0.2, -0.15) is 0 Å². The molecule has 0 aliphatic heterocycles. The number of nitrogens with one attached hydrogen (secondary N) is 2. The van der Waals surface area contributed by atoms with Crippen molar-refractivity contribution in [3.63, 3.8) is 0 Å². The van der Waals surface area contributed by atoms with E-state index in [1.165, 1.54) is 7.11 Å². The summed E-state index contributed by atoms with van der Waals surface area (Å²) in [6.07, 6.45) is 3.11. The second-order valence-corrected chi connectivity index (χ2v) is 6.55. The fourth-order valence-corrected chi connectivity index (χ4v) is 3.63. The van der Waals surface area contributed by atoms with Crippen molar-refractivity contribution in [1.29, 1.82) is 0 Å². The first-order chi connectivity index (χ1) is 13.2. The van der Waals surface area contributed by atoms with Crippen LogP contribution in [0.1, 0.15) is 23.6 Å². The molecule has 1 heterocycles. The molecule has 0 spiro atoms. The average molecular weight is 365 g/mol. The lowest BCUT2D eigenvalue weighted by Gasteiger charge is -2.15. The maximum atomic E-state index is 14.3. The predicted molar refractivity (Wildman–Crippen MR) is 102 cm³/mol. The summed E-state index contributed by atoms with van der Waals surface area (Å²) in [5, 5.41) is 7.06. The van der Waals surface area contributed by atoms with E-state index >= 15 is 0 Å². The number of anilines is 1. The first kappa shape index (κ1) is 17.4. The van der Waals surface area contributed by atoms with Gasteiger partial charge in [0, 0.05) is 17.6 Å². The van der Waals surface area contributed by atoms with Gasteiger partial charge in [-0.1, -0.05) is 12.1 Å². The minimum Gasteiger partial charge on any atom is -0.494 e. The van der Waals surface area contributed by atoms with Crippen LogP contribution in [0.3, 0.4) is 0 Å². The molecule has 1 unspecified atom stereocenters. The van der Waals surface area contributed by atoms with E-state index in [-0.39, 0.29) is 30.1 Å². The molecule has 0 saturated carbocycles. The Kier molecular flexibility index (Phi) is 4.73. The van der Waals surface area contributed by atoms with Crippen LogP contribution < -0.4 is 15.4 Å². The summed E-state index contributed by atoms with van der Waals surface area (Å²) in [4.78, 5) is 16.7. The Morgan fingerprint density at radius 3 is 3.00 bits per heavy atom. The molecule has 5 nitrogen and oxygen atoms in total. The van der Waals surface area contributed by atoms with E-state index in [9.17, 15) is 9.18 Å². The molecule has 4 rings (SSSR count). The normalized spacial score (nSPS) is 15.6. The summed E-state index contributed by atoms with van der Waals surface area (Å²) in [7, 11) is 1.46. The molecule has 0 radical (unpaired) electrons. The van der Waals surface area contributed by atoms with Crippen LogP contribution in [0.5, 0.6) is 5.75 Å². The van der Waals surface area contributed by atoms with Gasteiger partial charge in [-0.3, -0.25) is 9.78 Å². The first-order valence-corrected chi connectivity index (χ1v) is 8.89. The largest absolute Gasteiger partial charge is 0.494 e. The quantitative estimate of drug-likeness (QED) is 0.725. The number of fused-ring (bicyclic) bond motifs is 2. The van der Waals surface area contributed by atoms with Crippen LogP contribution in [0.2, 0.25) is 0 Å². The van der Waals surface area contributed by atoms with Gasteiger partial charge in [0.25, 0.3) is 0 Å². The highest BCUT2D eigenvalue weighted by atomic mass is 19.1. The number of hydrogen-bond acceptors (Lipinski definition) is 4. The third-order valence-electron chi connectivity index (χ3n) is 4.95. The predicted octanol–water partition coefficient (Wildman–Crippen LogP) is 3.60. The maximum Gasteiger partial charge on any atom is 0.238 e. The van der Waals surface area contributed by atoms with Crippen molar-refractivity contribution in [2.45, 2.75) is 18.9 Å². The van der Waals surface area contributed by atoms with E-state index in [1.807, 2.05) is 36.4 Å². The molecule has 1 aliphatic rings. The van der Waals surface area contributed by atoms with Gasteiger partial charge in [0.2, 0.25) is 5.91 Å². The van der Waals surface area contributed by atoms with Crippen molar-refractivity contribution < 1.29 is 13.9 Å². The summed E-state index contributed by atoms with van der Waals surface area (Å²) in [5.41, 5.74) is 3.13. The Bertz CT molecular complexity index is 1000. The molecule has 6 heteroatoms. The topological polar surface area (TPSA) is 63.2 Å². The highest BCUT2D eigenvalue weighted by Gasteiger charge is 2.27. The molecule has 0 saturated heterocycles. The zero-order chi connectivity index (χ0) is 18.8. The smallest absolute Gasteiger partial charge is 0.238 e. The van der Waals surface area contributed by atoms with Crippen molar-refractivity contribution >= 4 is 22.5 Å².